The number of pyridine rings is 1. The zero-order chi connectivity index (χ0) is 16.9. The highest BCUT2D eigenvalue weighted by Crippen LogP contribution is 2.20. The van der Waals surface area contributed by atoms with Crippen LogP contribution in [0.2, 0.25) is 0 Å². The van der Waals surface area contributed by atoms with Crippen LogP contribution in [0.5, 0.6) is 5.88 Å². The highest BCUT2D eigenvalue weighted by Gasteiger charge is 2.20. The Labute approximate surface area is 143 Å². The van der Waals surface area contributed by atoms with Gasteiger partial charge in [-0.3, -0.25) is 9.80 Å². The second-order valence-corrected chi connectivity index (χ2v) is 6.58. The van der Waals surface area contributed by atoms with E-state index < -0.39 is 0 Å². The highest BCUT2D eigenvalue weighted by molar-refractivity contribution is 5.17. The summed E-state index contributed by atoms with van der Waals surface area (Å²) in [6.07, 6.45) is 3.47. The first-order chi connectivity index (χ1) is 11.7. The van der Waals surface area contributed by atoms with Gasteiger partial charge in [0, 0.05) is 57.4 Å². The van der Waals surface area contributed by atoms with Gasteiger partial charge in [0.05, 0.1) is 12.8 Å². The number of hydrogen-bond donors (Lipinski definition) is 0. The van der Waals surface area contributed by atoms with E-state index in [1.165, 1.54) is 5.56 Å². The molecule has 6 nitrogen and oxygen atoms in total. The lowest BCUT2D eigenvalue weighted by Gasteiger charge is -2.34. The monoisotopic (exact) mass is 330 g/mol. The molecule has 0 aliphatic carbocycles. The van der Waals surface area contributed by atoms with Crippen LogP contribution in [0.25, 0.3) is 0 Å². The fraction of sp³-hybridized carbons (Fsp3) is 0.556. The van der Waals surface area contributed by atoms with Gasteiger partial charge in [-0.15, -0.1) is 0 Å². The Hall–Kier alpha value is -1.92. The van der Waals surface area contributed by atoms with Gasteiger partial charge in [-0.05, 0) is 5.56 Å². The average Bonchev–Trinajstić information content (AvgIpc) is 3.06. The molecule has 0 bridgehead atoms. The first kappa shape index (κ1) is 16.9. The highest BCUT2D eigenvalue weighted by atomic mass is 16.5. The number of aromatic nitrogens is 2. The van der Waals surface area contributed by atoms with Gasteiger partial charge in [-0.25, -0.2) is 9.97 Å². The van der Waals surface area contributed by atoms with E-state index in [1.807, 2.05) is 12.3 Å². The van der Waals surface area contributed by atoms with Gasteiger partial charge < -0.3 is 9.15 Å². The average molecular weight is 330 g/mol. The van der Waals surface area contributed by atoms with Crippen molar-refractivity contribution >= 4 is 0 Å². The molecule has 1 aliphatic heterocycles. The van der Waals surface area contributed by atoms with Crippen LogP contribution in [0.15, 0.2) is 29.1 Å². The van der Waals surface area contributed by atoms with Crippen LogP contribution in [-0.4, -0.2) is 53.1 Å². The van der Waals surface area contributed by atoms with Crippen molar-refractivity contribution in [1.82, 2.24) is 19.8 Å². The van der Waals surface area contributed by atoms with Gasteiger partial charge in [0.25, 0.3) is 0 Å². The molecule has 0 atom stereocenters. The Morgan fingerprint density at radius 2 is 1.79 bits per heavy atom. The van der Waals surface area contributed by atoms with Crippen LogP contribution in [0, 0.1) is 0 Å². The lowest BCUT2D eigenvalue weighted by atomic mass is 10.1. The van der Waals surface area contributed by atoms with Crippen LogP contribution >= 0.6 is 0 Å². The molecule has 0 saturated carbocycles. The summed E-state index contributed by atoms with van der Waals surface area (Å²) in [5.41, 5.74) is 2.31. The van der Waals surface area contributed by atoms with Crippen molar-refractivity contribution in [2.24, 2.45) is 0 Å². The third-order valence-electron chi connectivity index (χ3n) is 4.45. The van der Waals surface area contributed by atoms with E-state index in [-0.39, 0.29) is 0 Å². The molecule has 24 heavy (non-hydrogen) atoms. The maximum Gasteiger partial charge on any atom is 0.212 e. The fourth-order valence-electron chi connectivity index (χ4n) is 3.07. The fourth-order valence-corrected chi connectivity index (χ4v) is 3.07. The molecule has 130 valence electrons. The molecule has 0 amide bonds. The van der Waals surface area contributed by atoms with E-state index >= 15 is 0 Å². The van der Waals surface area contributed by atoms with Crippen molar-refractivity contribution < 1.29 is 9.15 Å². The lowest BCUT2D eigenvalue weighted by Crippen LogP contribution is -2.45. The quantitative estimate of drug-likeness (QED) is 0.811. The van der Waals surface area contributed by atoms with Crippen molar-refractivity contribution in [3.05, 3.63) is 41.7 Å². The van der Waals surface area contributed by atoms with Gasteiger partial charge in [-0.1, -0.05) is 19.9 Å². The molecule has 2 aromatic heterocycles. The Kier molecular flexibility index (Phi) is 5.48. The van der Waals surface area contributed by atoms with Crippen molar-refractivity contribution in [3.63, 3.8) is 0 Å². The van der Waals surface area contributed by atoms with Crippen LogP contribution in [-0.2, 0) is 13.1 Å². The van der Waals surface area contributed by atoms with E-state index in [1.54, 1.807) is 13.5 Å². The Bertz CT molecular complexity index is 631. The van der Waals surface area contributed by atoms with E-state index in [2.05, 4.69) is 39.7 Å². The normalized spacial score (nSPS) is 16.7. The Balaban J connectivity index is 1.49. The van der Waals surface area contributed by atoms with E-state index in [4.69, 9.17) is 9.15 Å². The van der Waals surface area contributed by atoms with Crippen molar-refractivity contribution in [2.45, 2.75) is 32.9 Å². The summed E-state index contributed by atoms with van der Waals surface area (Å²) in [5.74, 6) is 2.06. The molecule has 0 aromatic carbocycles. The SMILES string of the molecule is COc1ccc(CN2CCN(Cc3ncoc3C(C)C)CC2)cn1. The number of rotatable bonds is 6. The van der Waals surface area contributed by atoms with E-state index in [0.717, 1.165) is 50.7 Å². The van der Waals surface area contributed by atoms with Crippen LogP contribution in [0.1, 0.15) is 36.8 Å². The standard InChI is InChI=1S/C18H26N4O2/c1-14(2)18-16(20-13-24-18)12-22-8-6-21(7-9-22)11-15-4-5-17(23-3)19-10-15/h4-5,10,13-14H,6-9,11-12H2,1-3H3. The summed E-state index contributed by atoms with van der Waals surface area (Å²) in [5, 5.41) is 0. The number of piperazine rings is 1. The minimum Gasteiger partial charge on any atom is -0.481 e. The minimum atomic E-state index is 0.381. The zero-order valence-corrected chi connectivity index (χ0v) is 14.7. The molecule has 3 heterocycles. The van der Waals surface area contributed by atoms with E-state index in [9.17, 15) is 0 Å². The molecule has 3 rings (SSSR count). The molecular weight excluding hydrogens is 304 g/mol. The first-order valence-electron chi connectivity index (χ1n) is 8.51. The molecule has 0 radical (unpaired) electrons. The smallest absolute Gasteiger partial charge is 0.212 e. The Morgan fingerprint density at radius 3 is 2.38 bits per heavy atom. The third-order valence-corrected chi connectivity index (χ3v) is 4.45. The van der Waals surface area contributed by atoms with Gasteiger partial charge in [0.2, 0.25) is 5.88 Å². The molecule has 2 aromatic rings. The van der Waals surface area contributed by atoms with Crippen molar-refractivity contribution in [3.8, 4) is 5.88 Å². The summed E-state index contributed by atoms with van der Waals surface area (Å²) >= 11 is 0. The van der Waals surface area contributed by atoms with Gasteiger partial charge in [-0.2, -0.15) is 0 Å². The molecule has 6 heteroatoms. The van der Waals surface area contributed by atoms with Crippen LogP contribution in [0.4, 0.5) is 0 Å². The summed E-state index contributed by atoms with van der Waals surface area (Å²) in [7, 11) is 1.64. The van der Waals surface area contributed by atoms with Crippen LogP contribution in [0.3, 0.4) is 0 Å². The topological polar surface area (TPSA) is 54.6 Å². The maximum atomic E-state index is 5.52. The summed E-state index contributed by atoms with van der Waals surface area (Å²) in [6.45, 7) is 10.3. The molecule has 0 N–H and O–H groups in total. The minimum absolute atomic E-state index is 0.381. The number of ether oxygens (including phenoxy) is 1. The molecule has 1 saturated heterocycles. The number of oxazole rings is 1. The molecular formula is C18H26N4O2. The second-order valence-electron chi connectivity index (χ2n) is 6.58. The molecule has 0 spiro atoms. The van der Waals surface area contributed by atoms with Crippen molar-refractivity contribution in [2.75, 3.05) is 33.3 Å². The second kappa shape index (κ2) is 7.77. The number of hydrogen-bond acceptors (Lipinski definition) is 6. The predicted molar refractivity (Wildman–Crippen MR) is 91.9 cm³/mol. The number of nitrogens with zero attached hydrogens (tertiary/aromatic N) is 4. The maximum absolute atomic E-state index is 5.52. The number of methoxy groups -OCH3 is 1. The third kappa shape index (κ3) is 4.13. The zero-order valence-electron chi connectivity index (χ0n) is 14.7. The summed E-state index contributed by atoms with van der Waals surface area (Å²) in [4.78, 5) is 13.6. The summed E-state index contributed by atoms with van der Waals surface area (Å²) in [6, 6.07) is 4.01. The molecule has 1 fully saturated rings. The lowest BCUT2D eigenvalue weighted by molar-refractivity contribution is 0.120. The van der Waals surface area contributed by atoms with Gasteiger partial charge >= 0.3 is 0 Å². The molecule has 0 unspecified atom stereocenters. The van der Waals surface area contributed by atoms with Gasteiger partial charge in [0.15, 0.2) is 6.39 Å². The first-order valence-corrected chi connectivity index (χ1v) is 8.51. The van der Waals surface area contributed by atoms with Crippen LogP contribution < -0.4 is 4.74 Å². The van der Waals surface area contributed by atoms with Crippen molar-refractivity contribution in [1.29, 1.82) is 0 Å². The van der Waals surface area contributed by atoms with Gasteiger partial charge in [0.1, 0.15) is 5.76 Å². The predicted octanol–water partition coefficient (Wildman–Crippen LogP) is 2.52. The molecule has 1 aliphatic rings. The largest absolute Gasteiger partial charge is 0.481 e. The van der Waals surface area contributed by atoms with E-state index in [0.29, 0.717) is 11.8 Å². The Morgan fingerprint density at radius 1 is 1.08 bits per heavy atom. The summed E-state index contributed by atoms with van der Waals surface area (Å²) < 4.78 is 10.6.